The van der Waals surface area contributed by atoms with Gasteiger partial charge in [-0.15, -0.1) is 0 Å². The van der Waals surface area contributed by atoms with Crippen molar-refractivity contribution in [1.29, 1.82) is 0 Å². The lowest BCUT2D eigenvalue weighted by atomic mass is 10.1. The lowest BCUT2D eigenvalue weighted by Crippen LogP contribution is -2.38. The summed E-state index contributed by atoms with van der Waals surface area (Å²) in [5.41, 5.74) is 0.193. The summed E-state index contributed by atoms with van der Waals surface area (Å²) >= 11 is 5.18. The molecule has 0 unspecified atom stereocenters. The first-order valence-corrected chi connectivity index (χ1v) is 10.3. The SMILES string of the molecule is CCCCCCCC(=O)O[C@H]1[C@H](O)[C@H](n2cc(CC)c(=O)[nH]c2=S)O[C@@H]1CO. The Hall–Kier alpha value is -1.55. The molecule has 0 radical (unpaired) electrons. The average Bonchev–Trinajstić information content (AvgIpc) is 2.97. The number of carbonyl (C=O) groups is 1. The van der Waals surface area contributed by atoms with Crippen molar-refractivity contribution in [3.63, 3.8) is 0 Å². The summed E-state index contributed by atoms with van der Waals surface area (Å²) in [6.07, 6.45) is 3.22. The van der Waals surface area contributed by atoms with Gasteiger partial charge in [0.15, 0.2) is 17.1 Å². The Morgan fingerprint density at radius 1 is 1.32 bits per heavy atom. The zero-order chi connectivity index (χ0) is 20.7. The first kappa shape index (κ1) is 22.7. The quantitative estimate of drug-likeness (QED) is 0.305. The first-order chi connectivity index (χ1) is 13.4. The largest absolute Gasteiger partial charge is 0.457 e. The summed E-state index contributed by atoms with van der Waals surface area (Å²) in [5, 5.41) is 20.3. The molecular weight excluding hydrogens is 384 g/mol. The van der Waals surface area contributed by atoms with Crippen LogP contribution in [-0.4, -0.2) is 50.7 Å². The molecule has 3 N–H and O–H groups in total. The van der Waals surface area contributed by atoms with Crippen LogP contribution in [0.25, 0.3) is 0 Å². The molecule has 0 bridgehead atoms. The van der Waals surface area contributed by atoms with Gasteiger partial charge < -0.3 is 19.7 Å². The van der Waals surface area contributed by atoms with E-state index in [-0.39, 0.29) is 16.8 Å². The summed E-state index contributed by atoms with van der Waals surface area (Å²) in [4.78, 5) is 26.6. The van der Waals surface area contributed by atoms with Crippen LogP contribution < -0.4 is 5.56 Å². The van der Waals surface area contributed by atoms with Crippen LogP contribution >= 0.6 is 12.2 Å². The molecule has 0 amide bonds. The Kier molecular flexibility index (Phi) is 8.81. The van der Waals surface area contributed by atoms with Crippen molar-refractivity contribution in [3.05, 3.63) is 26.9 Å². The molecule has 0 aliphatic carbocycles. The van der Waals surface area contributed by atoms with Crippen molar-refractivity contribution in [2.75, 3.05) is 6.61 Å². The highest BCUT2D eigenvalue weighted by atomic mass is 32.1. The molecule has 2 rings (SSSR count). The van der Waals surface area contributed by atoms with Crippen molar-refractivity contribution in [3.8, 4) is 0 Å². The third kappa shape index (κ3) is 5.50. The van der Waals surface area contributed by atoms with Crippen LogP contribution in [-0.2, 0) is 20.7 Å². The molecule has 158 valence electrons. The fourth-order valence-electron chi connectivity index (χ4n) is 3.29. The maximum absolute atomic E-state index is 12.1. The van der Waals surface area contributed by atoms with Crippen LogP contribution in [0.5, 0.6) is 0 Å². The van der Waals surface area contributed by atoms with Crippen molar-refractivity contribution in [1.82, 2.24) is 9.55 Å². The molecule has 1 aromatic heterocycles. The smallest absolute Gasteiger partial charge is 0.306 e. The van der Waals surface area contributed by atoms with Gasteiger partial charge in [-0.25, -0.2) is 0 Å². The molecule has 1 fully saturated rings. The number of H-pyrrole nitrogens is 1. The van der Waals surface area contributed by atoms with Crippen LogP contribution in [0, 0.1) is 4.77 Å². The van der Waals surface area contributed by atoms with Crippen molar-refractivity contribution in [2.45, 2.75) is 83.3 Å². The van der Waals surface area contributed by atoms with E-state index in [1.165, 1.54) is 10.8 Å². The monoisotopic (exact) mass is 414 g/mol. The second-order valence-corrected chi connectivity index (χ2v) is 7.42. The van der Waals surface area contributed by atoms with E-state index < -0.39 is 37.1 Å². The van der Waals surface area contributed by atoms with Gasteiger partial charge in [-0.05, 0) is 25.1 Å². The number of nitrogens with zero attached hydrogens (tertiary/aromatic N) is 1. The Morgan fingerprint density at radius 2 is 2.04 bits per heavy atom. The number of esters is 1. The lowest BCUT2D eigenvalue weighted by Gasteiger charge is -2.21. The highest BCUT2D eigenvalue weighted by molar-refractivity contribution is 7.71. The molecule has 1 saturated heterocycles. The third-order valence-electron chi connectivity index (χ3n) is 4.94. The minimum Gasteiger partial charge on any atom is -0.457 e. The molecule has 1 aromatic rings. The molecule has 9 heteroatoms. The Labute approximate surface area is 169 Å². The van der Waals surface area contributed by atoms with Gasteiger partial charge in [-0.3, -0.25) is 19.1 Å². The number of rotatable bonds is 10. The van der Waals surface area contributed by atoms with Gasteiger partial charge in [0.1, 0.15) is 12.2 Å². The number of aromatic nitrogens is 2. The molecule has 0 aromatic carbocycles. The van der Waals surface area contributed by atoms with Crippen LogP contribution in [0.15, 0.2) is 11.0 Å². The number of aromatic amines is 1. The molecule has 1 aliphatic rings. The van der Waals surface area contributed by atoms with E-state index in [9.17, 15) is 19.8 Å². The predicted molar refractivity (Wildman–Crippen MR) is 106 cm³/mol. The van der Waals surface area contributed by atoms with Gasteiger partial charge in [0.05, 0.1) is 6.61 Å². The summed E-state index contributed by atoms with van der Waals surface area (Å²) < 4.78 is 12.6. The minimum atomic E-state index is -1.22. The second-order valence-electron chi connectivity index (χ2n) is 7.03. The van der Waals surface area contributed by atoms with E-state index in [0.29, 0.717) is 12.0 Å². The Bertz CT molecular complexity index is 762. The molecular formula is C19H30N2O6S. The predicted octanol–water partition coefficient (Wildman–Crippen LogP) is 1.99. The standard InChI is InChI=1S/C19H30N2O6S/c1-3-5-6-7-8-9-14(23)27-16-13(11-22)26-18(15(16)24)21-10-12(4-2)17(25)20-19(21)28/h10,13,15-16,18,22,24H,3-9,11H2,1-2H3,(H,20,25,28)/t13-,15+,16-,18-/m1/s1. The fourth-order valence-corrected chi connectivity index (χ4v) is 3.54. The Morgan fingerprint density at radius 3 is 2.68 bits per heavy atom. The van der Waals surface area contributed by atoms with Crippen molar-refractivity contribution < 1.29 is 24.5 Å². The molecule has 0 spiro atoms. The highest BCUT2D eigenvalue weighted by Gasteiger charge is 2.47. The number of aryl methyl sites for hydroxylation is 1. The number of unbranched alkanes of at least 4 members (excludes halogenated alkanes) is 4. The summed E-state index contributed by atoms with van der Waals surface area (Å²) in [6, 6.07) is 0. The van der Waals surface area contributed by atoms with Crippen LogP contribution in [0.2, 0.25) is 0 Å². The van der Waals surface area contributed by atoms with E-state index in [0.717, 1.165) is 32.1 Å². The summed E-state index contributed by atoms with van der Waals surface area (Å²) in [5.74, 6) is -0.428. The van der Waals surface area contributed by atoms with E-state index in [1.54, 1.807) is 0 Å². The highest BCUT2D eigenvalue weighted by Crippen LogP contribution is 2.31. The van der Waals surface area contributed by atoms with Gasteiger partial charge >= 0.3 is 5.97 Å². The van der Waals surface area contributed by atoms with Crippen LogP contribution in [0.4, 0.5) is 0 Å². The number of carbonyl (C=O) groups excluding carboxylic acids is 1. The van der Waals surface area contributed by atoms with E-state index in [2.05, 4.69) is 11.9 Å². The van der Waals surface area contributed by atoms with Gasteiger partial charge in [-0.1, -0.05) is 39.5 Å². The van der Waals surface area contributed by atoms with Gasteiger partial charge in [0.2, 0.25) is 0 Å². The maximum atomic E-state index is 12.1. The lowest BCUT2D eigenvalue weighted by molar-refractivity contribution is -0.156. The summed E-state index contributed by atoms with van der Waals surface area (Å²) in [6.45, 7) is 3.53. The minimum absolute atomic E-state index is 0.0887. The van der Waals surface area contributed by atoms with Gasteiger partial charge in [-0.2, -0.15) is 0 Å². The van der Waals surface area contributed by atoms with Gasteiger partial charge in [0.25, 0.3) is 5.56 Å². The first-order valence-electron chi connectivity index (χ1n) is 9.91. The number of ether oxygens (including phenoxy) is 2. The topological polar surface area (TPSA) is 114 Å². The second kappa shape index (κ2) is 10.8. The third-order valence-corrected chi connectivity index (χ3v) is 5.25. The molecule has 0 saturated carbocycles. The maximum Gasteiger partial charge on any atom is 0.306 e. The number of hydrogen-bond acceptors (Lipinski definition) is 7. The van der Waals surface area contributed by atoms with E-state index >= 15 is 0 Å². The van der Waals surface area contributed by atoms with Crippen LogP contribution in [0.3, 0.4) is 0 Å². The molecule has 2 heterocycles. The zero-order valence-corrected chi connectivity index (χ0v) is 17.2. The number of hydrogen-bond donors (Lipinski definition) is 3. The van der Waals surface area contributed by atoms with E-state index in [4.69, 9.17) is 21.7 Å². The zero-order valence-electron chi connectivity index (χ0n) is 16.4. The van der Waals surface area contributed by atoms with Crippen molar-refractivity contribution >= 4 is 18.2 Å². The molecule has 8 nitrogen and oxygen atoms in total. The molecule has 1 aliphatic heterocycles. The number of aliphatic hydroxyl groups excluding tert-OH is 2. The van der Waals surface area contributed by atoms with Crippen molar-refractivity contribution in [2.24, 2.45) is 0 Å². The van der Waals surface area contributed by atoms with Gasteiger partial charge in [0, 0.05) is 18.2 Å². The molecule has 4 atom stereocenters. The van der Waals surface area contributed by atoms with Crippen LogP contribution in [0.1, 0.15) is 64.2 Å². The number of nitrogens with one attached hydrogen (secondary N) is 1. The molecule has 28 heavy (non-hydrogen) atoms. The number of aliphatic hydroxyl groups is 2. The Balaban J connectivity index is 2.07. The summed E-state index contributed by atoms with van der Waals surface area (Å²) in [7, 11) is 0. The van der Waals surface area contributed by atoms with E-state index in [1.807, 2.05) is 6.92 Å². The average molecular weight is 415 g/mol. The normalized spacial score (nSPS) is 24.4. The fraction of sp³-hybridized carbons (Fsp3) is 0.737.